The Morgan fingerprint density at radius 3 is 2.50 bits per heavy atom. The van der Waals surface area contributed by atoms with Crippen LogP contribution in [0.4, 0.5) is 0 Å². The van der Waals surface area contributed by atoms with Crippen LogP contribution in [0.25, 0.3) is 11.0 Å². The number of nitrogens with zero attached hydrogens (tertiary/aromatic N) is 3. The van der Waals surface area contributed by atoms with Crippen molar-refractivity contribution in [2.24, 2.45) is 11.7 Å². The van der Waals surface area contributed by atoms with Gasteiger partial charge in [-0.2, -0.15) is 0 Å². The molecule has 32 heavy (non-hydrogen) atoms. The van der Waals surface area contributed by atoms with Gasteiger partial charge in [0, 0.05) is 38.0 Å². The van der Waals surface area contributed by atoms with Crippen LogP contribution in [0.5, 0.6) is 0 Å². The molecule has 4 rings (SSSR count). The molecule has 1 heterocycles. The van der Waals surface area contributed by atoms with Crippen LogP contribution in [-0.2, 0) is 17.9 Å². The number of carbonyl (C=O) groups excluding carboxylic acids is 1. The number of amides is 1. The molecule has 0 radical (unpaired) electrons. The van der Waals surface area contributed by atoms with Crippen molar-refractivity contribution in [1.29, 1.82) is 0 Å². The topological polar surface area (TPSA) is 64.2 Å². The number of carbonyl (C=O) groups is 1. The second-order valence-corrected chi connectivity index (χ2v) is 10.00. The zero-order valence-corrected chi connectivity index (χ0v) is 20.2. The smallest absolute Gasteiger partial charge is 0.224 e. The highest BCUT2D eigenvalue weighted by Gasteiger charge is 2.28. The lowest BCUT2D eigenvalue weighted by atomic mass is 9.80. The van der Waals surface area contributed by atoms with Crippen LogP contribution in [0.3, 0.4) is 0 Å². The van der Waals surface area contributed by atoms with Crippen LogP contribution in [0.2, 0.25) is 0 Å². The van der Waals surface area contributed by atoms with Gasteiger partial charge in [0.25, 0.3) is 0 Å². The maximum atomic E-state index is 13.3. The molecule has 2 saturated carbocycles. The summed E-state index contributed by atoms with van der Waals surface area (Å²) in [7, 11) is 0. The predicted molar refractivity (Wildman–Crippen MR) is 131 cm³/mol. The van der Waals surface area contributed by atoms with Gasteiger partial charge in [0.15, 0.2) is 0 Å². The van der Waals surface area contributed by atoms with Crippen LogP contribution in [-0.4, -0.2) is 32.9 Å². The molecule has 2 aliphatic rings. The van der Waals surface area contributed by atoms with E-state index in [4.69, 9.17) is 10.7 Å². The van der Waals surface area contributed by atoms with Crippen molar-refractivity contribution in [2.45, 2.75) is 110 Å². The Hall–Kier alpha value is -1.88. The number of fused-ring (bicyclic) bond motifs is 1. The van der Waals surface area contributed by atoms with Crippen molar-refractivity contribution in [3.05, 3.63) is 29.6 Å². The summed E-state index contributed by atoms with van der Waals surface area (Å²) in [6.07, 6.45) is 13.0. The van der Waals surface area contributed by atoms with Crippen LogP contribution in [0.15, 0.2) is 18.2 Å². The van der Waals surface area contributed by atoms with E-state index in [1.165, 1.54) is 70.0 Å². The van der Waals surface area contributed by atoms with Crippen LogP contribution in [0, 0.1) is 5.92 Å². The third-order valence-corrected chi connectivity index (χ3v) is 8.09. The molecule has 1 aromatic carbocycles. The predicted octanol–water partition coefficient (Wildman–Crippen LogP) is 5.75. The summed E-state index contributed by atoms with van der Waals surface area (Å²) in [5, 5.41) is 0. The molecule has 2 aromatic rings. The number of aromatic nitrogens is 2. The quantitative estimate of drug-likeness (QED) is 0.571. The summed E-state index contributed by atoms with van der Waals surface area (Å²) in [4.78, 5) is 20.5. The van der Waals surface area contributed by atoms with E-state index in [-0.39, 0.29) is 0 Å². The lowest BCUT2D eigenvalue weighted by Crippen LogP contribution is -2.41. The molecule has 1 amide bonds. The molecule has 2 fully saturated rings. The fraction of sp³-hybridized carbons (Fsp3) is 0.704. The zero-order chi connectivity index (χ0) is 22.5. The van der Waals surface area contributed by atoms with E-state index < -0.39 is 0 Å². The average molecular weight is 439 g/mol. The first-order chi connectivity index (χ1) is 15.6. The van der Waals surface area contributed by atoms with Gasteiger partial charge >= 0.3 is 0 Å². The summed E-state index contributed by atoms with van der Waals surface area (Å²) in [5.74, 6) is 2.86. The maximum Gasteiger partial charge on any atom is 0.224 e. The highest BCUT2D eigenvalue weighted by molar-refractivity contribution is 5.79. The van der Waals surface area contributed by atoms with Gasteiger partial charge in [0.05, 0.1) is 11.0 Å². The van der Waals surface area contributed by atoms with Crippen molar-refractivity contribution in [1.82, 2.24) is 14.5 Å². The molecular weight excluding hydrogens is 396 g/mol. The Morgan fingerprint density at radius 1 is 1.09 bits per heavy atom. The Morgan fingerprint density at radius 2 is 1.84 bits per heavy atom. The SMILES string of the molecule is CCN(C(=O)CCn1c2cc(CN)ccc2nc1[C@H]1CC[C@H](CC)CC1)C1CCCCC1. The first kappa shape index (κ1) is 23.3. The minimum atomic E-state index is 0.303. The fourth-order valence-corrected chi connectivity index (χ4v) is 6.07. The van der Waals surface area contributed by atoms with E-state index >= 15 is 0 Å². The van der Waals surface area contributed by atoms with Gasteiger partial charge in [-0.05, 0) is 69.1 Å². The maximum absolute atomic E-state index is 13.3. The van der Waals surface area contributed by atoms with Gasteiger partial charge in [-0.1, -0.05) is 38.7 Å². The third-order valence-electron chi connectivity index (χ3n) is 8.09. The largest absolute Gasteiger partial charge is 0.340 e. The number of imidazole rings is 1. The molecular formula is C27H42N4O. The summed E-state index contributed by atoms with van der Waals surface area (Å²) in [6, 6.07) is 6.82. The van der Waals surface area contributed by atoms with Crippen molar-refractivity contribution >= 4 is 16.9 Å². The molecule has 0 bridgehead atoms. The molecule has 0 unspecified atom stereocenters. The minimum Gasteiger partial charge on any atom is -0.340 e. The number of hydrogen-bond donors (Lipinski definition) is 1. The summed E-state index contributed by atoms with van der Waals surface area (Å²) in [6.45, 7) is 6.51. The second kappa shape index (κ2) is 10.8. The molecule has 0 spiro atoms. The first-order valence-corrected chi connectivity index (χ1v) is 13.1. The van der Waals surface area contributed by atoms with Gasteiger partial charge in [0.1, 0.15) is 5.82 Å². The van der Waals surface area contributed by atoms with Crippen LogP contribution in [0.1, 0.15) is 102 Å². The van der Waals surface area contributed by atoms with Gasteiger partial charge < -0.3 is 15.2 Å². The summed E-state index contributed by atoms with van der Waals surface area (Å²) < 4.78 is 2.36. The standard InChI is InChI=1S/C27H42N4O/c1-3-20-10-13-22(14-11-20)27-29-24-15-12-21(19-28)18-25(24)31(27)17-16-26(32)30(4-2)23-8-6-5-7-9-23/h12,15,18,20,22-23H,3-11,13-14,16-17,19,28H2,1-2H3/t20-,22-. The van der Waals surface area contributed by atoms with Crippen LogP contribution < -0.4 is 5.73 Å². The lowest BCUT2D eigenvalue weighted by Gasteiger charge is -2.34. The van der Waals surface area contributed by atoms with Crippen molar-refractivity contribution < 1.29 is 4.79 Å². The number of aryl methyl sites for hydroxylation is 1. The molecule has 2 N–H and O–H groups in total. The monoisotopic (exact) mass is 438 g/mol. The molecule has 176 valence electrons. The Labute approximate surface area is 193 Å². The molecule has 5 heteroatoms. The molecule has 2 aliphatic carbocycles. The van der Waals surface area contributed by atoms with Gasteiger partial charge in [-0.3, -0.25) is 4.79 Å². The van der Waals surface area contributed by atoms with E-state index in [1.807, 2.05) is 0 Å². The summed E-state index contributed by atoms with van der Waals surface area (Å²) in [5.41, 5.74) is 9.26. The number of benzene rings is 1. The van der Waals surface area contributed by atoms with E-state index in [1.54, 1.807) is 0 Å². The van der Waals surface area contributed by atoms with Gasteiger partial charge in [-0.15, -0.1) is 0 Å². The van der Waals surface area contributed by atoms with Crippen molar-refractivity contribution in [3.63, 3.8) is 0 Å². The molecule has 0 atom stereocenters. The van der Waals surface area contributed by atoms with E-state index in [0.29, 0.717) is 30.8 Å². The zero-order valence-electron chi connectivity index (χ0n) is 20.2. The second-order valence-electron chi connectivity index (χ2n) is 10.00. The van der Waals surface area contributed by atoms with Gasteiger partial charge in [0.2, 0.25) is 5.91 Å². The van der Waals surface area contributed by atoms with Gasteiger partial charge in [-0.25, -0.2) is 4.98 Å². The third kappa shape index (κ3) is 5.03. The normalized spacial score (nSPS) is 22.3. The summed E-state index contributed by atoms with van der Waals surface area (Å²) >= 11 is 0. The Kier molecular flexibility index (Phi) is 7.88. The molecule has 0 saturated heterocycles. The molecule has 0 aliphatic heterocycles. The molecule has 5 nitrogen and oxygen atoms in total. The first-order valence-electron chi connectivity index (χ1n) is 13.1. The Bertz CT molecular complexity index is 890. The average Bonchev–Trinajstić information content (AvgIpc) is 3.21. The number of hydrogen-bond acceptors (Lipinski definition) is 3. The van der Waals surface area contributed by atoms with Crippen molar-refractivity contribution in [2.75, 3.05) is 6.54 Å². The van der Waals surface area contributed by atoms with Crippen LogP contribution >= 0.6 is 0 Å². The fourth-order valence-electron chi connectivity index (χ4n) is 6.07. The highest BCUT2D eigenvalue weighted by atomic mass is 16.2. The van der Waals surface area contributed by atoms with E-state index in [9.17, 15) is 4.79 Å². The highest BCUT2D eigenvalue weighted by Crippen LogP contribution is 2.38. The lowest BCUT2D eigenvalue weighted by molar-refractivity contribution is -0.134. The van der Waals surface area contributed by atoms with E-state index in [2.05, 4.69) is 41.5 Å². The van der Waals surface area contributed by atoms with Crippen molar-refractivity contribution in [3.8, 4) is 0 Å². The Balaban J connectivity index is 1.56. The van der Waals surface area contributed by atoms with E-state index in [0.717, 1.165) is 35.6 Å². The number of nitrogens with two attached hydrogens (primary N) is 1. The molecule has 1 aromatic heterocycles. The minimum absolute atomic E-state index is 0.303. The number of rotatable bonds is 8.